The maximum absolute atomic E-state index is 13.3. The molecule has 21 heavy (non-hydrogen) atoms. The molecular formula is C15H15FN2O3. The van der Waals surface area contributed by atoms with Gasteiger partial charge in [-0.3, -0.25) is 9.59 Å². The predicted octanol–water partition coefficient (Wildman–Crippen LogP) is 2.49. The van der Waals surface area contributed by atoms with Crippen LogP contribution in [0.2, 0.25) is 0 Å². The molecule has 1 heterocycles. The molecule has 110 valence electrons. The molecule has 0 aliphatic rings. The van der Waals surface area contributed by atoms with Crippen molar-refractivity contribution in [1.29, 1.82) is 0 Å². The molecular weight excluding hydrogens is 275 g/mol. The molecule has 1 aromatic carbocycles. The second kappa shape index (κ2) is 6.69. The van der Waals surface area contributed by atoms with E-state index in [-0.39, 0.29) is 30.6 Å². The average Bonchev–Trinajstić information content (AvgIpc) is 2.97. The Morgan fingerprint density at radius 3 is 2.76 bits per heavy atom. The van der Waals surface area contributed by atoms with Crippen molar-refractivity contribution >= 4 is 17.5 Å². The Bertz CT molecular complexity index is 638. The monoisotopic (exact) mass is 290 g/mol. The van der Waals surface area contributed by atoms with Crippen LogP contribution in [0.25, 0.3) is 0 Å². The van der Waals surface area contributed by atoms with Gasteiger partial charge in [-0.1, -0.05) is 6.07 Å². The zero-order valence-electron chi connectivity index (χ0n) is 11.5. The van der Waals surface area contributed by atoms with Crippen LogP contribution in [-0.2, 0) is 4.79 Å². The van der Waals surface area contributed by atoms with E-state index >= 15 is 0 Å². The third-order valence-electron chi connectivity index (χ3n) is 2.88. The van der Waals surface area contributed by atoms with Gasteiger partial charge < -0.3 is 15.1 Å². The maximum atomic E-state index is 13.3. The van der Waals surface area contributed by atoms with E-state index in [1.807, 2.05) is 0 Å². The molecule has 0 aliphatic carbocycles. The zero-order valence-corrected chi connectivity index (χ0v) is 11.5. The molecule has 0 saturated heterocycles. The highest BCUT2D eigenvalue weighted by atomic mass is 19.1. The first kappa shape index (κ1) is 14.8. The lowest BCUT2D eigenvalue weighted by Crippen LogP contribution is -2.27. The van der Waals surface area contributed by atoms with Crippen LogP contribution in [-0.4, -0.2) is 18.4 Å². The lowest BCUT2D eigenvalue weighted by atomic mass is 10.2. The highest BCUT2D eigenvalue weighted by Gasteiger charge is 2.08. The van der Waals surface area contributed by atoms with E-state index in [1.54, 1.807) is 19.1 Å². The van der Waals surface area contributed by atoms with Gasteiger partial charge in [0.05, 0.1) is 11.8 Å². The van der Waals surface area contributed by atoms with Gasteiger partial charge in [-0.05, 0) is 30.7 Å². The van der Waals surface area contributed by atoms with Crippen molar-refractivity contribution in [1.82, 2.24) is 5.32 Å². The summed E-state index contributed by atoms with van der Waals surface area (Å²) in [5, 5.41) is 5.16. The number of hydrogen-bond acceptors (Lipinski definition) is 3. The largest absolute Gasteiger partial charge is 0.472 e. The first-order valence-electron chi connectivity index (χ1n) is 6.42. The molecule has 0 aliphatic heterocycles. The topological polar surface area (TPSA) is 71.3 Å². The first-order chi connectivity index (χ1) is 10.1. The fourth-order valence-electron chi connectivity index (χ4n) is 1.68. The Morgan fingerprint density at radius 1 is 1.29 bits per heavy atom. The van der Waals surface area contributed by atoms with Gasteiger partial charge in [0.15, 0.2) is 0 Å². The fraction of sp³-hybridized carbons (Fsp3) is 0.200. The number of rotatable bonds is 5. The maximum Gasteiger partial charge on any atom is 0.254 e. The van der Waals surface area contributed by atoms with Gasteiger partial charge in [-0.2, -0.15) is 0 Å². The summed E-state index contributed by atoms with van der Waals surface area (Å²) in [5.74, 6) is -0.982. The number of hydrogen-bond donors (Lipinski definition) is 2. The fourth-order valence-corrected chi connectivity index (χ4v) is 1.68. The van der Waals surface area contributed by atoms with Gasteiger partial charge in [0.25, 0.3) is 5.91 Å². The third-order valence-corrected chi connectivity index (χ3v) is 2.88. The van der Waals surface area contributed by atoms with Crippen LogP contribution in [0.5, 0.6) is 0 Å². The molecule has 0 radical (unpaired) electrons. The highest BCUT2D eigenvalue weighted by Crippen LogP contribution is 2.13. The third kappa shape index (κ3) is 4.17. The van der Waals surface area contributed by atoms with Gasteiger partial charge in [0.1, 0.15) is 12.1 Å². The standard InChI is InChI=1S/C15H15FN2O3/c1-10-2-3-12(8-13(10)16)18-14(19)4-6-17-15(20)11-5-7-21-9-11/h2-3,5,7-9H,4,6H2,1H3,(H,17,20)(H,18,19). The minimum atomic E-state index is -0.374. The van der Waals surface area contributed by atoms with Crippen molar-refractivity contribution in [3.05, 3.63) is 53.7 Å². The van der Waals surface area contributed by atoms with Gasteiger partial charge >= 0.3 is 0 Å². The number of carbonyl (C=O) groups excluding carboxylic acids is 2. The van der Waals surface area contributed by atoms with E-state index in [0.717, 1.165) is 0 Å². The number of carbonyl (C=O) groups is 2. The predicted molar refractivity (Wildman–Crippen MR) is 75.4 cm³/mol. The van der Waals surface area contributed by atoms with Crippen LogP contribution >= 0.6 is 0 Å². The second-order valence-corrected chi connectivity index (χ2v) is 4.53. The van der Waals surface area contributed by atoms with E-state index in [0.29, 0.717) is 16.8 Å². The van der Waals surface area contributed by atoms with Gasteiger partial charge in [0, 0.05) is 18.7 Å². The molecule has 2 N–H and O–H groups in total. The van der Waals surface area contributed by atoms with Gasteiger partial charge in [-0.25, -0.2) is 4.39 Å². The summed E-state index contributed by atoms with van der Waals surface area (Å²) < 4.78 is 18.1. The number of halogens is 1. The van der Waals surface area contributed by atoms with E-state index in [2.05, 4.69) is 10.6 Å². The summed E-state index contributed by atoms with van der Waals surface area (Å²) in [6.07, 6.45) is 2.82. The molecule has 2 amide bonds. The Balaban J connectivity index is 1.77. The lowest BCUT2D eigenvalue weighted by molar-refractivity contribution is -0.116. The van der Waals surface area contributed by atoms with Crippen molar-refractivity contribution in [2.24, 2.45) is 0 Å². The molecule has 2 aromatic rings. The van der Waals surface area contributed by atoms with Crippen molar-refractivity contribution < 1.29 is 18.4 Å². The van der Waals surface area contributed by atoms with Crippen LogP contribution in [0.3, 0.4) is 0 Å². The van der Waals surface area contributed by atoms with E-state index in [1.165, 1.54) is 24.7 Å². The number of benzene rings is 1. The average molecular weight is 290 g/mol. The normalized spacial score (nSPS) is 10.2. The summed E-state index contributed by atoms with van der Waals surface area (Å²) in [6, 6.07) is 6.01. The SMILES string of the molecule is Cc1ccc(NC(=O)CCNC(=O)c2ccoc2)cc1F. The number of nitrogens with one attached hydrogen (secondary N) is 2. The molecule has 0 unspecified atom stereocenters. The second-order valence-electron chi connectivity index (χ2n) is 4.53. The smallest absolute Gasteiger partial charge is 0.254 e. The van der Waals surface area contributed by atoms with Crippen LogP contribution < -0.4 is 10.6 Å². The van der Waals surface area contributed by atoms with Crippen molar-refractivity contribution in [3.63, 3.8) is 0 Å². The number of amides is 2. The Morgan fingerprint density at radius 2 is 2.10 bits per heavy atom. The zero-order chi connectivity index (χ0) is 15.2. The number of furan rings is 1. The minimum Gasteiger partial charge on any atom is -0.472 e. The Labute approximate surface area is 121 Å². The molecule has 5 nitrogen and oxygen atoms in total. The quantitative estimate of drug-likeness (QED) is 0.888. The van der Waals surface area contributed by atoms with Crippen molar-refractivity contribution in [3.8, 4) is 0 Å². The molecule has 0 spiro atoms. The van der Waals surface area contributed by atoms with Gasteiger partial charge in [0.2, 0.25) is 5.91 Å². The van der Waals surface area contributed by atoms with Crippen molar-refractivity contribution in [2.75, 3.05) is 11.9 Å². The molecule has 2 rings (SSSR count). The van der Waals surface area contributed by atoms with Crippen LogP contribution in [0.15, 0.2) is 41.2 Å². The van der Waals surface area contributed by atoms with E-state index in [4.69, 9.17) is 4.42 Å². The van der Waals surface area contributed by atoms with Crippen LogP contribution in [0.1, 0.15) is 22.3 Å². The first-order valence-corrected chi connectivity index (χ1v) is 6.42. The minimum absolute atomic E-state index is 0.0963. The highest BCUT2D eigenvalue weighted by molar-refractivity contribution is 5.95. The summed E-state index contributed by atoms with van der Waals surface area (Å²) >= 11 is 0. The van der Waals surface area contributed by atoms with Crippen molar-refractivity contribution in [2.45, 2.75) is 13.3 Å². The molecule has 6 heteroatoms. The molecule has 0 saturated carbocycles. The Kier molecular flexibility index (Phi) is 4.71. The molecule has 0 bridgehead atoms. The summed E-state index contributed by atoms with van der Waals surface area (Å²) in [5.41, 5.74) is 1.31. The summed E-state index contributed by atoms with van der Waals surface area (Å²) in [4.78, 5) is 23.2. The molecule has 0 atom stereocenters. The van der Waals surface area contributed by atoms with Gasteiger partial charge in [-0.15, -0.1) is 0 Å². The molecule has 0 fully saturated rings. The van der Waals surface area contributed by atoms with E-state index < -0.39 is 0 Å². The van der Waals surface area contributed by atoms with Crippen LogP contribution in [0, 0.1) is 12.7 Å². The van der Waals surface area contributed by atoms with E-state index in [9.17, 15) is 14.0 Å². The summed E-state index contributed by atoms with van der Waals surface area (Å²) in [6.45, 7) is 1.83. The number of aryl methyl sites for hydroxylation is 1. The van der Waals surface area contributed by atoms with Crippen LogP contribution in [0.4, 0.5) is 10.1 Å². The lowest BCUT2D eigenvalue weighted by Gasteiger charge is -2.07. The number of anilines is 1. The summed E-state index contributed by atoms with van der Waals surface area (Å²) in [7, 11) is 0. The Hall–Kier alpha value is -2.63. The molecule has 1 aromatic heterocycles.